The van der Waals surface area contributed by atoms with E-state index in [2.05, 4.69) is 10.6 Å². The zero-order chi connectivity index (χ0) is 26.9. The molecule has 2 aliphatic heterocycles. The smallest absolute Gasteiger partial charge is 0.410 e. The Labute approximate surface area is 217 Å². The Hall–Kier alpha value is -3.62. The molecular formula is C28H37N5O4. The summed E-state index contributed by atoms with van der Waals surface area (Å²) in [6.07, 6.45) is 6.73. The minimum atomic E-state index is -0.590. The molecule has 2 aromatic rings. The van der Waals surface area contributed by atoms with Crippen LogP contribution in [0.1, 0.15) is 75.8 Å². The highest BCUT2D eigenvalue weighted by atomic mass is 16.6. The Morgan fingerprint density at radius 3 is 2.65 bits per heavy atom. The summed E-state index contributed by atoms with van der Waals surface area (Å²) in [5.41, 5.74) is 3.76. The minimum absolute atomic E-state index is 0.0335. The Morgan fingerprint density at radius 1 is 1.22 bits per heavy atom. The van der Waals surface area contributed by atoms with Crippen LogP contribution in [0.2, 0.25) is 0 Å². The minimum Gasteiger partial charge on any atom is -0.444 e. The predicted octanol–water partition coefficient (Wildman–Crippen LogP) is 4.88. The number of allylic oxidation sites excluding steroid dienone is 1. The van der Waals surface area contributed by atoms with Crippen molar-refractivity contribution in [3.8, 4) is 0 Å². The molecule has 1 aromatic carbocycles. The number of carbonyl (C=O) groups is 3. The van der Waals surface area contributed by atoms with Gasteiger partial charge in [0.05, 0.1) is 17.1 Å². The van der Waals surface area contributed by atoms with Gasteiger partial charge in [0.1, 0.15) is 11.9 Å². The van der Waals surface area contributed by atoms with E-state index in [-0.39, 0.29) is 24.1 Å². The van der Waals surface area contributed by atoms with Crippen molar-refractivity contribution in [1.29, 1.82) is 0 Å². The quantitative estimate of drug-likeness (QED) is 0.572. The SMILES string of the molecule is CC1=CC(C(=O)Nc2nc3cc(C=O)cc(C)c3n2[C@@H]2CCCCN(C(=O)OC(C)(C)C)C2)=CC(C)N1. The molecule has 1 unspecified atom stereocenters. The average molecular weight is 508 g/mol. The molecular weight excluding hydrogens is 470 g/mol. The molecule has 0 radical (unpaired) electrons. The molecule has 0 bridgehead atoms. The molecule has 4 rings (SSSR count). The molecule has 2 amide bonds. The first-order chi connectivity index (χ1) is 17.4. The molecule has 1 saturated heterocycles. The zero-order valence-corrected chi connectivity index (χ0v) is 22.6. The van der Waals surface area contributed by atoms with Crippen LogP contribution < -0.4 is 10.6 Å². The number of benzene rings is 1. The molecule has 2 atom stereocenters. The summed E-state index contributed by atoms with van der Waals surface area (Å²) < 4.78 is 7.70. The number of fused-ring (bicyclic) bond motifs is 1. The van der Waals surface area contributed by atoms with E-state index < -0.39 is 5.60 Å². The van der Waals surface area contributed by atoms with Crippen LogP contribution in [0.4, 0.5) is 10.7 Å². The fourth-order valence-corrected chi connectivity index (χ4v) is 5.10. The molecule has 0 spiro atoms. The maximum atomic E-state index is 13.3. The Balaban J connectivity index is 1.75. The van der Waals surface area contributed by atoms with E-state index in [1.54, 1.807) is 11.0 Å². The van der Waals surface area contributed by atoms with Crippen LogP contribution in [0.5, 0.6) is 0 Å². The van der Waals surface area contributed by atoms with Gasteiger partial charge in [0.2, 0.25) is 5.95 Å². The molecule has 1 fully saturated rings. The topological polar surface area (TPSA) is 106 Å². The number of nitrogens with zero attached hydrogens (tertiary/aromatic N) is 3. The number of likely N-dealkylation sites (tertiary alicyclic amines) is 1. The van der Waals surface area contributed by atoms with Gasteiger partial charge in [-0.15, -0.1) is 0 Å². The van der Waals surface area contributed by atoms with E-state index in [9.17, 15) is 14.4 Å². The Kier molecular flexibility index (Phi) is 7.43. The third-order valence-electron chi connectivity index (χ3n) is 6.54. The third kappa shape index (κ3) is 6.03. The molecule has 198 valence electrons. The number of anilines is 1. The number of imidazole rings is 1. The molecule has 9 heteroatoms. The normalized spacial score (nSPS) is 20.4. The van der Waals surface area contributed by atoms with E-state index in [4.69, 9.17) is 9.72 Å². The lowest BCUT2D eigenvalue weighted by Crippen LogP contribution is -2.39. The van der Waals surface area contributed by atoms with Gasteiger partial charge >= 0.3 is 6.09 Å². The van der Waals surface area contributed by atoms with Crippen LogP contribution >= 0.6 is 0 Å². The lowest BCUT2D eigenvalue weighted by atomic mass is 10.1. The molecule has 9 nitrogen and oxygen atoms in total. The molecule has 0 aliphatic carbocycles. The highest BCUT2D eigenvalue weighted by Crippen LogP contribution is 2.33. The summed E-state index contributed by atoms with van der Waals surface area (Å²) in [5.74, 6) is 0.149. The van der Waals surface area contributed by atoms with Crippen LogP contribution in [0.15, 0.2) is 35.6 Å². The molecule has 37 heavy (non-hydrogen) atoms. The Morgan fingerprint density at radius 2 is 1.97 bits per heavy atom. The summed E-state index contributed by atoms with van der Waals surface area (Å²) in [7, 11) is 0. The van der Waals surface area contributed by atoms with Gasteiger partial charge in [-0.1, -0.05) is 0 Å². The summed E-state index contributed by atoms with van der Waals surface area (Å²) in [6.45, 7) is 12.5. The summed E-state index contributed by atoms with van der Waals surface area (Å²) >= 11 is 0. The largest absolute Gasteiger partial charge is 0.444 e. The number of amides is 2. The molecule has 1 aromatic heterocycles. The van der Waals surface area contributed by atoms with Crippen molar-refractivity contribution in [2.75, 3.05) is 18.4 Å². The predicted molar refractivity (Wildman–Crippen MR) is 144 cm³/mol. The maximum absolute atomic E-state index is 13.3. The van der Waals surface area contributed by atoms with Crippen molar-refractivity contribution in [3.05, 3.63) is 46.7 Å². The average Bonchev–Trinajstić information content (AvgIpc) is 2.98. The van der Waals surface area contributed by atoms with Crippen molar-refractivity contribution >= 4 is 35.3 Å². The second-order valence-electron chi connectivity index (χ2n) is 11.0. The van der Waals surface area contributed by atoms with Gasteiger partial charge in [-0.3, -0.25) is 14.9 Å². The van der Waals surface area contributed by atoms with Gasteiger partial charge < -0.3 is 19.5 Å². The van der Waals surface area contributed by atoms with E-state index in [1.807, 2.05) is 64.3 Å². The Bertz CT molecular complexity index is 1280. The zero-order valence-electron chi connectivity index (χ0n) is 22.6. The lowest BCUT2D eigenvalue weighted by Gasteiger charge is -2.29. The lowest BCUT2D eigenvalue weighted by molar-refractivity contribution is -0.112. The standard InChI is InChI=1S/C28H37N5O4/c1-17-11-20(16-34)14-23-24(17)33(22-9-7-8-10-32(15-22)27(36)37-28(4,5)6)26(30-23)31-25(35)21-12-18(2)29-19(3)13-21/h11-14,16,18,22,29H,7-10,15H2,1-6H3,(H,30,31,35)/t18?,22-/m1/s1. The van der Waals surface area contributed by atoms with Crippen LogP contribution in [0.3, 0.4) is 0 Å². The van der Waals surface area contributed by atoms with Crippen molar-refractivity contribution in [3.63, 3.8) is 0 Å². The molecule has 2 aliphatic rings. The van der Waals surface area contributed by atoms with Crippen LogP contribution in [-0.2, 0) is 9.53 Å². The van der Waals surface area contributed by atoms with Crippen molar-refractivity contribution < 1.29 is 19.1 Å². The van der Waals surface area contributed by atoms with Gasteiger partial charge in [0, 0.05) is 36.0 Å². The summed E-state index contributed by atoms with van der Waals surface area (Å²) in [4.78, 5) is 44.4. The van der Waals surface area contributed by atoms with E-state index >= 15 is 0 Å². The molecule has 2 N–H and O–H groups in total. The highest BCUT2D eigenvalue weighted by molar-refractivity contribution is 6.06. The van der Waals surface area contributed by atoms with E-state index in [0.29, 0.717) is 35.7 Å². The molecule has 0 saturated carbocycles. The van der Waals surface area contributed by atoms with Crippen molar-refractivity contribution in [1.82, 2.24) is 19.8 Å². The number of nitrogens with one attached hydrogen (secondary N) is 2. The first-order valence-electron chi connectivity index (χ1n) is 12.9. The van der Waals surface area contributed by atoms with Gasteiger partial charge in [-0.2, -0.15) is 0 Å². The van der Waals surface area contributed by atoms with Crippen LogP contribution in [-0.4, -0.2) is 57.5 Å². The second-order valence-corrected chi connectivity index (χ2v) is 11.0. The number of aromatic nitrogens is 2. The maximum Gasteiger partial charge on any atom is 0.410 e. The van der Waals surface area contributed by atoms with Gasteiger partial charge in [0.15, 0.2) is 0 Å². The highest BCUT2D eigenvalue weighted by Gasteiger charge is 2.30. The van der Waals surface area contributed by atoms with Gasteiger partial charge in [0.25, 0.3) is 5.91 Å². The third-order valence-corrected chi connectivity index (χ3v) is 6.54. The molecule has 3 heterocycles. The van der Waals surface area contributed by atoms with E-state index in [0.717, 1.165) is 42.3 Å². The van der Waals surface area contributed by atoms with E-state index in [1.165, 1.54) is 0 Å². The number of ether oxygens (including phenoxy) is 1. The number of hydrogen-bond donors (Lipinski definition) is 2. The number of aryl methyl sites for hydroxylation is 1. The van der Waals surface area contributed by atoms with Crippen LogP contribution in [0, 0.1) is 6.92 Å². The fourth-order valence-electron chi connectivity index (χ4n) is 5.10. The number of hydrogen-bond acceptors (Lipinski definition) is 6. The van der Waals surface area contributed by atoms with Gasteiger partial charge in [-0.05, 0) is 90.7 Å². The number of dihydropyridines is 1. The monoisotopic (exact) mass is 507 g/mol. The second kappa shape index (κ2) is 10.4. The summed E-state index contributed by atoms with van der Waals surface area (Å²) in [6, 6.07) is 3.46. The number of rotatable bonds is 4. The van der Waals surface area contributed by atoms with Crippen molar-refractivity contribution in [2.24, 2.45) is 0 Å². The fraction of sp³-hybridized carbons (Fsp3) is 0.500. The first-order valence-corrected chi connectivity index (χ1v) is 12.9. The number of aldehydes is 1. The first kappa shape index (κ1) is 26.4. The number of carbonyl (C=O) groups excluding carboxylic acids is 3. The van der Waals surface area contributed by atoms with Gasteiger partial charge in [-0.25, -0.2) is 9.78 Å². The summed E-state index contributed by atoms with van der Waals surface area (Å²) in [5, 5.41) is 6.30. The van der Waals surface area contributed by atoms with Crippen molar-refractivity contribution in [2.45, 2.75) is 78.5 Å². The van der Waals surface area contributed by atoms with Crippen LogP contribution in [0.25, 0.3) is 11.0 Å².